The Kier molecular flexibility index (Phi) is 3.19. The Labute approximate surface area is 99.3 Å². The number of amides is 1. The molecular formula is C10H14N2O4S. The average molecular weight is 258 g/mol. The van der Waals surface area contributed by atoms with Gasteiger partial charge in [-0.05, 0) is 19.3 Å². The quantitative estimate of drug-likeness (QED) is 0.833. The highest BCUT2D eigenvalue weighted by atomic mass is 32.2. The van der Waals surface area contributed by atoms with Crippen LogP contribution in [0, 0.1) is 12.8 Å². The predicted octanol–water partition coefficient (Wildman–Crippen LogP) is 0.148. The van der Waals surface area contributed by atoms with Crippen LogP contribution in [-0.4, -0.2) is 37.5 Å². The molecule has 1 saturated heterocycles. The highest BCUT2D eigenvalue weighted by Gasteiger charge is 2.28. The van der Waals surface area contributed by atoms with Gasteiger partial charge in [-0.15, -0.1) is 0 Å². The number of aryl methyl sites for hydroxylation is 1. The number of carbonyl (C=O) groups is 1. The van der Waals surface area contributed by atoms with Crippen LogP contribution >= 0.6 is 0 Å². The summed E-state index contributed by atoms with van der Waals surface area (Å²) in [6, 6.07) is 1.54. The van der Waals surface area contributed by atoms with Crippen LogP contribution in [0.2, 0.25) is 0 Å². The maximum Gasteiger partial charge on any atom is 0.273 e. The van der Waals surface area contributed by atoms with Crippen molar-refractivity contribution in [2.75, 3.05) is 18.1 Å². The van der Waals surface area contributed by atoms with Crippen LogP contribution in [0.1, 0.15) is 22.7 Å². The second kappa shape index (κ2) is 4.48. The monoisotopic (exact) mass is 258 g/mol. The third-order valence-corrected chi connectivity index (χ3v) is 4.58. The number of hydrogen-bond acceptors (Lipinski definition) is 5. The Morgan fingerprint density at radius 3 is 2.94 bits per heavy atom. The van der Waals surface area contributed by atoms with Crippen LogP contribution in [0.4, 0.5) is 0 Å². The highest BCUT2D eigenvalue weighted by molar-refractivity contribution is 7.91. The minimum Gasteiger partial charge on any atom is -0.361 e. The number of hydrogen-bond donors (Lipinski definition) is 1. The van der Waals surface area contributed by atoms with E-state index in [2.05, 4.69) is 10.5 Å². The van der Waals surface area contributed by atoms with Crippen molar-refractivity contribution in [1.82, 2.24) is 10.5 Å². The molecule has 1 N–H and O–H groups in total. The molecule has 94 valence electrons. The minimum absolute atomic E-state index is 0.0111. The van der Waals surface area contributed by atoms with Crippen molar-refractivity contribution < 1.29 is 17.7 Å². The third-order valence-electron chi connectivity index (χ3n) is 2.74. The van der Waals surface area contributed by atoms with Crippen LogP contribution in [0.25, 0.3) is 0 Å². The summed E-state index contributed by atoms with van der Waals surface area (Å²) in [5, 5.41) is 6.25. The second-order valence-corrected chi connectivity index (χ2v) is 6.53. The Morgan fingerprint density at radius 2 is 2.41 bits per heavy atom. The molecule has 1 aromatic rings. The lowest BCUT2D eigenvalue weighted by Crippen LogP contribution is -2.30. The fourth-order valence-electron chi connectivity index (χ4n) is 1.83. The van der Waals surface area contributed by atoms with Crippen molar-refractivity contribution in [1.29, 1.82) is 0 Å². The van der Waals surface area contributed by atoms with Gasteiger partial charge in [0.15, 0.2) is 15.5 Å². The molecule has 0 saturated carbocycles. The Hall–Kier alpha value is -1.37. The average Bonchev–Trinajstić information content (AvgIpc) is 2.81. The van der Waals surface area contributed by atoms with Gasteiger partial charge in [0.1, 0.15) is 5.76 Å². The van der Waals surface area contributed by atoms with Gasteiger partial charge in [0.05, 0.1) is 11.5 Å². The van der Waals surface area contributed by atoms with Crippen molar-refractivity contribution in [3.63, 3.8) is 0 Å². The summed E-state index contributed by atoms with van der Waals surface area (Å²) in [4.78, 5) is 11.6. The maximum absolute atomic E-state index is 11.6. The van der Waals surface area contributed by atoms with E-state index >= 15 is 0 Å². The number of sulfone groups is 1. The van der Waals surface area contributed by atoms with Crippen molar-refractivity contribution in [3.8, 4) is 0 Å². The molecule has 7 heteroatoms. The summed E-state index contributed by atoms with van der Waals surface area (Å²) in [7, 11) is -2.89. The summed E-state index contributed by atoms with van der Waals surface area (Å²) >= 11 is 0. The van der Waals surface area contributed by atoms with Gasteiger partial charge in [-0.25, -0.2) is 8.42 Å². The lowest BCUT2D eigenvalue weighted by Gasteiger charge is -2.07. The first-order valence-electron chi connectivity index (χ1n) is 5.38. The molecule has 0 aromatic carbocycles. The number of carbonyl (C=O) groups excluding carboxylic acids is 1. The molecule has 1 atom stereocenters. The Bertz CT molecular complexity index is 520. The van der Waals surface area contributed by atoms with Gasteiger partial charge in [-0.2, -0.15) is 0 Å². The predicted molar refractivity (Wildman–Crippen MR) is 60.3 cm³/mol. The number of nitrogens with one attached hydrogen (secondary N) is 1. The molecule has 1 aliphatic heterocycles. The van der Waals surface area contributed by atoms with Crippen LogP contribution < -0.4 is 5.32 Å². The van der Waals surface area contributed by atoms with E-state index in [0.717, 1.165) is 0 Å². The fourth-order valence-corrected chi connectivity index (χ4v) is 3.70. The molecule has 17 heavy (non-hydrogen) atoms. The highest BCUT2D eigenvalue weighted by Crippen LogP contribution is 2.17. The number of nitrogens with zero attached hydrogens (tertiary/aromatic N) is 1. The molecule has 6 nitrogen and oxygen atoms in total. The molecule has 0 unspecified atom stereocenters. The molecule has 1 aromatic heterocycles. The van der Waals surface area contributed by atoms with Gasteiger partial charge in [0, 0.05) is 12.6 Å². The third kappa shape index (κ3) is 3.06. The zero-order chi connectivity index (χ0) is 12.5. The van der Waals surface area contributed by atoms with Crippen LogP contribution in [0.5, 0.6) is 0 Å². The Morgan fingerprint density at radius 1 is 1.65 bits per heavy atom. The van der Waals surface area contributed by atoms with Crippen LogP contribution in [0.3, 0.4) is 0 Å². The van der Waals surface area contributed by atoms with E-state index in [9.17, 15) is 13.2 Å². The molecule has 0 radical (unpaired) electrons. The van der Waals surface area contributed by atoms with Crippen molar-refractivity contribution in [3.05, 3.63) is 17.5 Å². The molecule has 0 aliphatic carbocycles. The van der Waals surface area contributed by atoms with Gasteiger partial charge < -0.3 is 9.84 Å². The fraction of sp³-hybridized carbons (Fsp3) is 0.600. The van der Waals surface area contributed by atoms with Crippen molar-refractivity contribution >= 4 is 15.7 Å². The summed E-state index contributed by atoms with van der Waals surface area (Å²) in [5.41, 5.74) is 0.225. The molecule has 0 spiro atoms. The normalized spacial score (nSPS) is 22.5. The molecule has 2 heterocycles. The SMILES string of the molecule is Cc1cc(C(=O)NC[C@@H]2CCS(=O)(=O)C2)no1. The standard InChI is InChI=1S/C10H14N2O4S/c1-7-4-9(12-16-7)10(13)11-5-8-2-3-17(14,15)6-8/h4,8H,2-3,5-6H2,1H3,(H,11,13)/t8-/m0/s1. The van der Waals surface area contributed by atoms with Crippen LogP contribution in [0.15, 0.2) is 10.6 Å². The Balaban J connectivity index is 1.85. The van der Waals surface area contributed by atoms with E-state index in [4.69, 9.17) is 4.52 Å². The molecule has 2 rings (SSSR count). The van der Waals surface area contributed by atoms with Gasteiger partial charge >= 0.3 is 0 Å². The number of aromatic nitrogens is 1. The van der Waals surface area contributed by atoms with Crippen LogP contribution in [-0.2, 0) is 9.84 Å². The first-order chi connectivity index (χ1) is 7.96. The first kappa shape index (κ1) is 12.1. The summed E-state index contributed by atoms with van der Waals surface area (Å²) in [5.74, 6) is 0.628. The van der Waals surface area contributed by atoms with E-state index in [1.165, 1.54) is 0 Å². The molecule has 1 fully saturated rings. The summed E-state index contributed by atoms with van der Waals surface area (Å²) in [6.45, 7) is 2.07. The topological polar surface area (TPSA) is 89.3 Å². The zero-order valence-electron chi connectivity index (χ0n) is 9.47. The summed E-state index contributed by atoms with van der Waals surface area (Å²) in [6.07, 6.45) is 0.612. The van der Waals surface area contributed by atoms with E-state index in [0.29, 0.717) is 18.7 Å². The number of rotatable bonds is 3. The van der Waals surface area contributed by atoms with E-state index in [-0.39, 0.29) is 29.0 Å². The van der Waals surface area contributed by atoms with E-state index in [1.807, 2.05) is 0 Å². The lowest BCUT2D eigenvalue weighted by molar-refractivity contribution is 0.0939. The van der Waals surface area contributed by atoms with Gasteiger partial charge in [-0.3, -0.25) is 4.79 Å². The van der Waals surface area contributed by atoms with E-state index < -0.39 is 9.84 Å². The largest absolute Gasteiger partial charge is 0.361 e. The van der Waals surface area contributed by atoms with Gasteiger partial charge in [0.25, 0.3) is 5.91 Å². The minimum atomic E-state index is -2.89. The zero-order valence-corrected chi connectivity index (χ0v) is 10.3. The smallest absolute Gasteiger partial charge is 0.273 e. The van der Waals surface area contributed by atoms with Gasteiger partial charge in [0.2, 0.25) is 0 Å². The second-order valence-electron chi connectivity index (χ2n) is 4.30. The molecule has 1 aliphatic rings. The van der Waals surface area contributed by atoms with Crippen molar-refractivity contribution in [2.24, 2.45) is 5.92 Å². The first-order valence-corrected chi connectivity index (χ1v) is 7.20. The summed E-state index contributed by atoms with van der Waals surface area (Å²) < 4.78 is 27.2. The van der Waals surface area contributed by atoms with Gasteiger partial charge in [-0.1, -0.05) is 5.16 Å². The molecule has 0 bridgehead atoms. The molecule has 1 amide bonds. The lowest BCUT2D eigenvalue weighted by atomic mass is 10.1. The molecular weight excluding hydrogens is 244 g/mol. The maximum atomic E-state index is 11.6. The van der Waals surface area contributed by atoms with E-state index in [1.54, 1.807) is 13.0 Å². The van der Waals surface area contributed by atoms with Crippen molar-refractivity contribution in [2.45, 2.75) is 13.3 Å².